The normalized spacial score (nSPS) is 13.6. The van der Waals surface area contributed by atoms with E-state index in [0.29, 0.717) is 17.9 Å². The second-order valence-electron chi connectivity index (χ2n) is 4.46. The van der Waals surface area contributed by atoms with E-state index >= 15 is 0 Å². The summed E-state index contributed by atoms with van der Waals surface area (Å²) < 4.78 is 0.836. The van der Waals surface area contributed by atoms with Crippen LogP contribution in [-0.4, -0.2) is 27.8 Å². The molecule has 0 atom stereocenters. The van der Waals surface area contributed by atoms with Crippen molar-refractivity contribution in [3.05, 3.63) is 44.4 Å². The van der Waals surface area contributed by atoms with Crippen LogP contribution in [0.4, 0.5) is 11.5 Å². The highest BCUT2D eigenvalue weighted by atomic mass is 127. The Labute approximate surface area is 134 Å². The van der Waals surface area contributed by atoms with E-state index in [1.807, 2.05) is 18.2 Å². The first-order valence-electron chi connectivity index (χ1n) is 5.88. The number of hydrogen-bond donors (Lipinski definition) is 1. The van der Waals surface area contributed by atoms with Gasteiger partial charge in [0.1, 0.15) is 5.82 Å². The molecule has 1 N–H and O–H groups in total. The molecule has 2 aromatic rings. The third-order valence-corrected chi connectivity index (χ3v) is 4.06. The molecule has 1 amide bonds. The molecule has 2 heterocycles. The van der Waals surface area contributed by atoms with Crippen molar-refractivity contribution in [2.75, 3.05) is 12.4 Å². The van der Waals surface area contributed by atoms with Crippen molar-refractivity contribution < 1.29 is 4.79 Å². The molecule has 1 aliphatic rings. The van der Waals surface area contributed by atoms with Crippen LogP contribution in [0.15, 0.2) is 24.4 Å². The Bertz CT molecular complexity index is 707. The lowest BCUT2D eigenvalue weighted by atomic mass is 10.1. The monoisotopic (exact) mass is 400 g/mol. The molecule has 3 rings (SSSR count). The minimum absolute atomic E-state index is 0.0123. The molecule has 102 valence electrons. The van der Waals surface area contributed by atoms with Gasteiger partial charge in [0.15, 0.2) is 0 Å². The molecule has 0 fully saturated rings. The number of halogens is 2. The molecule has 0 radical (unpaired) electrons. The molecular formula is C13H10ClIN4O. The van der Waals surface area contributed by atoms with Crippen molar-refractivity contribution in [3.8, 4) is 0 Å². The van der Waals surface area contributed by atoms with Gasteiger partial charge in [0, 0.05) is 19.8 Å². The number of carbonyl (C=O) groups is 1. The summed E-state index contributed by atoms with van der Waals surface area (Å²) in [5.74, 6) is 0.611. The van der Waals surface area contributed by atoms with Crippen molar-refractivity contribution in [2.45, 2.75) is 6.54 Å². The van der Waals surface area contributed by atoms with Crippen LogP contribution in [0.25, 0.3) is 0 Å². The lowest BCUT2D eigenvalue weighted by Gasteiger charge is -2.11. The molecule has 0 unspecified atom stereocenters. The fourth-order valence-corrected chi connectivity index (χ4v) is 2.70. The first kappa shape index (κ1) is 13.6. The van der Waals surface area contributed by atoms with Gasteiger partial charge in [0.05, 0.1) is 14.8 Å². The van der Waals surface area contributed by atoms with Gasteiger partial charge in [0.25, 0.3) is 5.91 Å². The van der Waals surface area contributed by atoms with Gasteiger partial charge in [-0.25, -0.2) is 4.98 Å². The minimum Gasteiger partial charge on any atom is -0.339 e. The van der Waals surface area contributed by atoms with Crippen molar-refractivity contribution in [1.82, 2.24) is 14.9 Å². The Balaban J connectivity index is 2.03. The predicted molar refractivity (Wildman–Crippen MR) is 85.3 cm³/mol. The highest BCUT2D eigenvalue weighted by molar-refractivity contribution is 14.1. The van der Waals surface area contributed by atoms with Gasteiger partial charge in [-0.15, -0.1) is 0 Å². The Morgan fingerprint density at radius 2 is 2.25 bits per heavy atom. The molecule has 0 spiro atoms. The van der Waals surface area contributed by atoms with E-state index in [4.69, 9.17) is 11.6 Å². The number of nitrogens with zero attached hydrogens (tertiary/aromatic N) is 3. The molecule has 0 saturated carbocycles. The van der Waals surface area contributed by atoms with Crippen molar-refractivity contribution >= 4 is 51.6 Å². The molecule has 5 nitrogen and oxygen atoms in total. The van der Waals surface area contributed by atoms with Gasteiger partial charge in [-0.3, -0.25) is 4.79 Å². The fraction of sp³-hybridized carbons (Fsp3) is 0.154. The maximum Gasteiger partial charge on any atom is 0.256 e. The molecule has 0 aliphatic carbocycles. The van der Waals surface area contributed by atoms with Gasteiger partial charge >= 0.3 is 0 Å². The average molecular weight is 401 g/mol. The van der Waals surface area contributed by atoms with Crippen LogP contribution in [0.3, 0.4) is 0 Å². The average Bonchev–Trinajstić information content (AvgIpc) is 2.71. The summed E-state index contributed by atoms with van der Waals surface area (Å²) in [7, 11) is 1.79. The Kier molecular flexibility index (Phi) is 3.51. The highest BCUT2D eigenvalue weighted by Gasteiger charge is 2.27. The van der Waals surface area contributed by atoms with Gasteiger partial charge in [-0.2, -0.15) is 4.98 Å². The van der Waals surface area contributed by atoms with E-state index in [9.17, 15) is 4.79 Å². The van der Waals surface area contributed by atoms with Crippen LogP contribution < -0.4 is 5.32 Å². The van der Waals surface area contributed by atoms with Gasteiger partial charge in [-0.05, 0) is 45.8 Å². The Morgan fingerprint density at radius 1 is 1.45 bits per heavy atom. The summed E-state index contributed by atoms with van der Waals surface area (Å²) in [4.78, 5) is 21.9. The molecule has 0 bridgehead atoms. The van der Waals surface area contributed by atoms with Crippen LogP contribution in [0, 0.1) is 3.57 Å². The second-order valence-corrected chi connectivity index (χ2v) is 5.96. The summed E-state index contributed by atoms with van der Waals surface area (Å²) in [6.45, 7) is 0.630. The second kappa shape index (κ2) is 5.17. The molecule has 1 aromatic carbocycles. The van der Waals surface area contributed by atoms with Crippen LogP contribution in [0.1, 0.15) is 15.9 Å². The molecular weight excluding hydrogens is 391 g/mol. The molecule has 1 aromatic heterocycles. The van der Waals surface area contributed by atoms with E-state index in [1.54, 1.807) is 18.1 Å². The SMILES string of the molecule is CN1Cc2cccc(Nc3nc(Cl)ncc3I)c2C1=O. The lowest BCUT2D eigenvalue weighted by molar-refractivity contribution is 0.0817. The standard InChI is InChI=1S/C13H10ClIN4O/c1-19-6-7-3-2-4-9(10(7)12(19)20)17-11-8(15)5-16-13(14)18-11/h2-5H,6H2,1H3,(H,16,17,18). The Hall–Kier alpha value is -1.41. The summed E-state index contributed by atoms with van der Waals surface area (Å²) in [6.07, 6.45) is 1.63. The molecule has 20 heavy (non-hydrogen) atoms. The number of anilines is 2. The van der Waals surface area contributed by atoms with Gasteiger partial charge < -0.3 is 10.2 Å². The van der Waals surface area contributed by atoms with Crippen molar-refractivity contribution in [2.24, 2.45) is 0 Å². The topological polar surface area (TPSA) is 58.1 Å². The van der Waals surface area contributed by atoms with Crippen molar-refractivity contribution in [1.29, 1.82) is 0 Å². The minimum atomic E-state index is 0.0123. The van der Waals surface area contributed by atoms with E-state index in [-0.39, 0.29) is 11.2 Å². The van der Waals surface area contributed by atoms with Gasteiger partial charge in [0.2, 0.25) is 5.28 Å². The number of fused-ring (bicyclic) bond motifs is 1. The van der Waals surface area contributed by atoms with E-state index in [0.717, 1.165) is 14.8 Å². The number of hydrogen-bond acceptors (Lipinski definition) is 4. The number of benzene rings is 1. The van der Waals surface area contributed by atoms with Crippen molar-refractivity contribution in [3.63, 3.8) is 0 Å². The molecule has 1 aliphatic heterocycles. The number of aromatic nitrogens is 2. The third-order valence-electron chi connectivity index (χ3n) is 3.09. The quantitative estimate of drug-likeness (QED) is 0.622. The van der Waals surface area contributed by atoms with Crippen LogP contribution >= 0.6 is 34.2 Å². The van der Waals surface area contributed by atoms with Crippen LogP contribution in [-0.2, 0) is 6.54 Å². The summed E-state index contributed by atoms with van der Waals surface area (Å²) in [5.41, 5.74) is 2.45. The zero-order chi connectivity index (χ0) is 14.3. The third kappa shape index (κ3) is 2.33. The first-order chi connectivity index (χ1) is 9.56. The number of nitrogens with one attached hydrogen (secondary N) is 1. The fourth-order valence-electron chi connectivity index (χ4n) is 2.17. The summed E-state index contributed by atoms with van der Waals surface area (Å²) in [5, 5.41) is 3.34. The number of carbonyl (C=O) groups excluding carboxylic acids is 1. The largest absolute Gasteiger partial charge is 0.339 e. The zero-order valence-corrected chi connectivity index (χ0v) is 13.4. The first-order valence-corrected chi connectivity index (χ1v) is 7.34. The van der Waals surface area contributed by atoms with Crippen LogP contribution in [0.2, 0.25) is 5.28 Å². The zero-order valence-electron chi connectivity index (χ0n) is 10.5. The summed E-state index contributed by atoms with van der Waals surface area (Å²) >= 11 is 7.93. The maximum absolute atomic E-state index is 12.2. The Morgan fingerprint density at radius 3 is 3.05 bits per heavy atom. The lowest BCUT2D eigenvalue weighted by Crippen LogP contribution is -2.18. The summed E-state index contributed by atoms with van der Waals surface area (Å²) in [6, 6.07) is 5.74. The number of rotatable bonds is 2. The number of amides is 1. The van der Waals surface area contributed by atoms with E-state index in [1.165, 1.54) is 0 Å². The molecule has 7 heteroatoms. The highest BCUT2D eigenvalue weighted by Crippen LogP contribution is 2.31. The van der Waals surface area contributed by atoms with Gasteiger partial charge in [-0.1, -0.05) is 12.1 Å². The van der Waals surface area contributed by atoms with Crippen LogP contribution in [0.5, 0.6) is 0 Å². The van der Waals surface area contributed by atoms with E-state index < -0.39 is 0 Å². The smallest absolute Gasteiger partial charge is 0.256 e. The maximum atomic E-state index is 12.2. The molecule has 0 saturated heterocycles. The predicted octanol–water partition coefficient (Wildman–Crippen LogP) is 3.06. The van der Waals surface area contributed by atoms with E-state index in [2.05, 4.69) is 37.9 Å².